The van der Waals surface area contributed by atoms with E-state index in [1.807, 2.05) is 30.3 Å². The molecule has 2 fully saturated rings. The average molecular weight is 267 g/mol. The van der Waals surface area contributed by atoms with E-state index in [0.717, 1.165) is 41.6 Å². The maximum atomic E-state index is 12.2. The van der Waals surface area contributed by atoms with Crippen molar-refractivity contribution in [2.75, 3.05) is 5.32 Å². The Labute approximate surface area is 117 Å². The molecule has 20 heavy (non-hydrogen) atoms. The van der Waals surface area contributed by atoms with Gasteiger partial charge in [0.15, 0.2) is 0 Å². The van der Waals surface area contributed by atoms with Gasteiger partial charge < -0.3 is 5.32 Å². The van der Waals surface area contributed by atoms with Crippen molar-refractivity contribution in [3.63, 3.8) is 0 Å². The fraction of sp³-hybridized carbons (Fsp3) is 0.375. The maximum Gasteiger partial charge on any atom is 0.227 e. The summed E-state index contributed by atoms with van der Waals surface area (Å²) in [5.41, 5.74) is 2.86. The highest BCUT2D eigenvalue weighted by Gasteiger charge is 2.47. The van der Waals surface area contributed by atoms with E-state index >= 15 is 0 Å². The normalized spacial score (nSPS) is 27.1. The molecule has 4 heteroatoms. The van der Waals surface area contributed by atoms with Crippen LogP contribution in [0, 0.1) is 17.8 Å². The summed E-state index contributed by atoms with van der Waals surface area (Å²) in [6.45, 7) is 0. The highest BCUT2D eigenvalue weighted by molar-refractivity contribution is 5.93. The quantitative estimate of drug-likeness (QED) is 0.898. The Morgan fingerprint density at radius 3 is 2.80 bits per heavy atom. The van der Waals surface area contributed by atoms with Gasteiger partial charge in [0, 0.05) is 23.4 Å². The summed E-state index contributed by atoms with van der Waals surface area (Å²) in [5, 5.41) is 9.95. The predicted octanol–water partition coefficient (Wildman–Crippen LogP) is 3.06. The number of rotatable bonds is 3. The van der Waals surface area contributed by atoms with Crippen LogP contribution in [-0.4, -0.2) is 16.1 Å². The SMILES string of the molecule is O=C(Nc1cccc(-c2ccn[nH]2)c1)C1CC2CC2C1. The molecule has 1 heterocycles. The van der Waals surface area contributed by atoms with Crippen molar-refractivity contribution < 1.29 is 4.79 Å². The number of carbonyl (C=O) groups excluding carboxylic acids is 1. The van der Waals surface area contributed by atoms with Crippen LogP contribution < -0.4 is 5.32 Å². The van der Waals surface area contributed by atoms with E-state index in [1.54, 1.807) is 6.20 Å². The number of carbonyl (C=O) groups is 1. The van der Waals surface area contributed by atoms with Crippen LogP contribution in [0.1, 0.15) is 19.3 Å². The minimum Gasteiger partial charge on any atom is -0.326 e. The molecule has 2 aromatic rings. The Balaban J connectivity index is 1.48. The van der Waals surface area contributed by atoms with Crippen LogP contribution >= 0.6 is 0 Å². The van der Waals surface area contributed by atoms with Crippen molar-refractivity contribution in [1.82, 2.24) is 10.2 Å². The zero-order valence-corrected chi connectivity index (χ0v) is 11.2. The average Bonchev–Trinajstić information content (AvgIpc) is 2.91. The summed E-state index contributed by atoms with van der Waals surface area (Å²) in [6, 6.07) is 9.81. The smallest absolute Gasteiger partial charge is 0.227 e. The van der Waals surface area contributed by atoms with Crippen LogP contribution in [-0.2, 0) is 4.79 Å². The molecule has 4 rings (SSSR count). The third-order valence-electron chi connectivity index (χ3n) is 4.56. The van der Waals surface area contributed by atoms with Gasteiger partial charge in [-0.2, -0.15) is 5.10 Å². The lowest BCUT2D eigenvalue weighted by atomic mass is 10.0. The molecule has 0 spiro atoms. The first-order chi connectivity index (χ1) is 9.79. The summed E-state index contributed by atoms with van der Waals surface area (Å²) in [6.07, 6.45) is 5.23. The molecular formula is C16H17N3O. The topological polar surface area (TPSA) is 57.8 Å². The maximum absolute atomic E-state index is 12.2. The number of nitrogens with zero attached hydrogens (tertiary/aromatic N) is 1. The van der Waals surface area contributed by atoms with Crippen LogP contribution in [0.25, 0.3) is 11.3 Å². The second kappa shape index (κ2) is 4.47. The minimum absolute atomic E-state index is 0.180. The molecule has 0 aliphatic heterocycles. The van der Waals surface area contributed by atoms with Crippen molar-refractivity contribution in [2.45, 2.75) is 19.3 Å². The number of anilines is 1. The van der Waals surface area contributed by atoms with Crippen LogP contribution in [0.3, 0.4) is 0 Å². The Hall–Kier alpha value is -2.10. The first-order valence-corrected chi connectivity index (χ1v) is 7.20. The number of aromatic nitrogens is 2. The van der Waals surface area contributed by atoms with Crippen molar-refractivity contribution in [1.29, 1.82) is 0 Å². The molecular weight excluding hydrogens is 250 g/mol. The molecule has 2 aliphatic carbocycles. The van der Waals surface area contributed by atoms with Crippen molar-refractivity contribution in [3.05, 3.63) is 36.5 Å². The molecule has 2 atom stereocenters. The first-order valence-electron chi connectivity index (χ1n) is 7.20. The van der Waals surface area contributed by atoms with Gasteiger partial charge in [-0.25, -0.2) is 0 Å². The summed E-state index contributed by atoms with van der Waals surface area (Å²) in [7, 11) is 0. The number of H-pyrrole nitrogens is 1. The number of amides is 1. The number of benzene rings is 1. The van der Waals surface area contributed by atoms with Gasteiger partial charge in [-0.05, 0) is 49.3 Å². The van der Waals surface area contributed by atoms with Gasteiger partial charge in [-0.1, -0.05) is 12.1 Å². The molecule has 2 N–H and O–H groups in total. The van der Waals surface area contributed by atoms with E-state index in [9.17, 15) is 4.79 Å². The van der Waals surface area contributed by atoms with E-state index in [2.05, 4.69) is 15.5 Å². The first kappa shape index (κ1) is 11.7. The van der Waals surface area contributed by atoms with Crippen molar-refractivity contribution >= 4 is 11.6 Å². The van der Waals surface area contributed by atoms with Gasteiger partial charge in [0.05, 0.1) is 5.69 Å². The Morgan fingerprint density at radius 2 is 2.05 bits per heavy atom. The molecule has 2 unspecified atom stereocenters. The van der Waals surface area contributed by atoms with Crippen LogP contribution in [0.2, 0.25) is 0 Å². The van der Waals surface area contributed by atoms with Crippen molar-refractivity contribution in [3.8, 4) is 11.3 Å². The van der Waals surface area contributed by atoms with Crippen LogP contribution in [0.4, 0.5) is 5.69 Å². The summed E-state index contributed by atoms with van der Waals surface area (Å²) < 4.78 is 0. The van der Waals surface area contributed by atoms with Gasteiger partial charge >= 0.3 is 0 Å². The summed E-state index contributed by atoms with van der Waals surface area (Å²) >= 11 is 0. The van der Waals surface area contributed by atoms with Crippen LogP contribution in [0.15, 0.2) is 36.5 Å². The lowest BCUT2D eigenvalue weighted by Crippen LogP contribution is -2.21. The number of aromatic amines is 1. The standard InChI is InChI=1S/C16H17N3O/c20-16(13-7-11-6-12(11)8-13)18-14-3-1-2-10(9-14)15-4-5-17-19-15/h1-5,9,11-13H,6-8H2,(H,17,19)(H,18,20). The van der Waals surface area contributed by atoms with E-state index in [1.165, 1.54) is 6.42 Å². The molecule has 2 aliphatic rings. The molecule has 2 saturated carbocycles. The largest absolute Gasteiger partial charge is 0.326 e. The molecule has 1 aromatic heterocycles. The second-order valence-corrected chi connectivity index (χ2v) is 5.96. The molecule has 102 valence electrons. The van der Waals surface area contributed by atoms with Gasteiger partial charge in [0.1, 0.15) is 0 Å². The highest BCUT2D eigenvalue weighted by Crippen LogP contribution is 2.54. The molecule has 1 amide bonds. The minimum atomic E-state index is 0.180. The lowest BCUT2D eigenvalue weighted by Gasteiger charge is -2.12. The van der Waals surface area contributed by atoms with Gasteiger partial charge in [0.25, 0.3) is 0 Å². The zero-order valence-electron chi connectivity index (χ0n) is 11.2. The zero-order chi connectivity index (χ0) is 13.5. The van der Waals surface area contributed by atoms with E-state index in [0.29, 0.717) is 0 Å². The summed E-state index contributed by atoms with van der Waals surface area (Å²) in [4.78, 5) is 12.2. The molecule has 0 radical (unpaired) electrons. The number of hydrogen-bond donors (Lipinski definition) is 2. The third-order valence-corrected chi connectivity index (χ3v) is 4.56. The number of nitrogens with one attached hydrogen (secondary N) is 2. The number of hydrogen-bond acceptors (Lipinski definition) is 2. The van der Waals surface area contributed by atoms with Crippen molar-refractivity contribution in [2.24, 2.45) is 17.8 Å². The Kier molecular flexibility index (Phi) is 2.62. The monoisotopic (exact) mass is 267 g/mol. The Bertz CT molecular complexity index is 625. The van der Waals surface area contributed by atoms with E-state index in [4.69, 9.17) is 0 Å². The van der Waals surface area contributed by atoms with E-state index in [-0.39, 0.29) is 11.8 Å². The fourth-order valence-corrected chi connectivity index (χ4v) is 3.35. The van der Waals surface area contributed by atoms with Gasteiger partial charge in [0.2, 0.25) is 5.91 Å². The number of fused-ring (bicyclic) bond motifs is 1. The predicted molar refractivity (Wildman–Crippen MR) is 77.0 cm³/mol. The van der Waals surface area contributed by atoms with E-state index < -0.39 is 0 Å². The second-order valence-electron chi connectivity index (χ2n) is 5.96. The third kappa shape index (κ3) is 2.11. The molecule has 4 nitrogen and oxygen atoms in total. The molecule has 1 aromatic carbocycles. The lowest BCUT2D eigenvalue weighted by molar-refractivity contribution is -0.120. The Morgan fingerprint density at radius 1 is 1.20 bits per heavy atom. The highest BCUT2D eigenvalue weighted by atomic mass is 16.1. The fourth-order valence-electron chi connectivity index (χ4n) is 3.35. The summed E-state index contributed by atoms with van der Waals surface area (Å²) in [5.74, 6) is 2.07. The molecule has 0 saturated heterocycles. The molecule has 0 bridgehead atoms. The van der Waals surface area contributed by atoms with Gasteiger partial charge in [-0.3, -0.25) is 9.89 Å². The van der Waals surface area contributed by atoms with Gasteiger partial charge in [-0.15, -0.1) is 0 Å². The van der Waals surface area contributed by atoms with Crippen LogP contribution in [0.5, 0.6) is 0 Å².